The molecule has 6 nitrogen and oxygen atoms in total. The minimum atomic E-state index is -1.73. The molecule has 1 saturated heterocycles. The molecule has 0 unspecified atom stereocenters. The summed E-state index contributed by atoms with van der Waals surface area (Å²) in [4.78, 5) is 29.6. The highest BCUT2D eigenvalue weighted by atomic mass is 32.1. The van der Waals surface area contributed by atoms with E-state index in [2.05, 4.69) is 17.1 Å². The Morgan fingerprint density at radius 2 is 1.88 bits per heavy atom. The van der Waals surface area contributed by atoms with E-state index in [1.807, 2.05) is 19.1 Å². The molecule has 0 spiro atoms. The highest BCUT2D eigenvalue weighted by Crippen LogP contribution is 2.24. The number of aromatic nitrogens is 1. The molecular formula is C18H20N2O4S. The van der Waals surface area contributed by atoms with E-state index < -0.39 is 11.6 Å². The monoisotopic (exact) mass is 360 g/mol. The van der Waals surface area contributed by atoms with Crippen LogP contribution in [0.5, 0.6) is 0 Å². The van der Waals surface area contributed by atoms with Crippen molar-refractivity contribution in [3.63, 3.8) is 0 Å². The van der Waals surface area contributed by atoms with Crippen LogP contribution in [-0.2, 0) is 11.2 Å². The van der Waals surface area contributed by atoms with Crippen LogP contribution in [0.2, 0.25) is 0 Å². The molecule has 1 aromatic carbocycles. The molecule has 1 fully saturated rings. The van der Waals surface area contributed by atoms with Gasteiger partial charge in [0, 0.05) is 37.7 Å². The summed E-state index contributed by atoms with van der Waals surface area (Å²) in [6.07, 6.45) is 0.750. The van der Waals surface area contributed by atoms with Gasteiger partial charge in [-0.15, -0.1) is 11.3 Å². The molecule has 0 atom stereocenters. The summed E-state index contributed by atoms with van der Waals surface area (Å²) in [5, 5.41) is 21.6. The number of carboxylic acid groups (broad SMARTS) is 1. The quantitative estimate of drug-likeness (QED) is 0.871. The Morgan fingerprint density at radius 1 is 1.24 bits per heavy atom. The number of piperidine rings is 1. The largest absolute Gasteiger partial charge is 0.479 e. The number of rotatable bonds is 4. The van der Waals surface area contributed by atoms with Crippen LogP contribution in [-0.4, -0.2) is 50.7 Å². The Labute approximate surface area is 149 Å². The van der Waals surface area contributed by atoms with Gasteiger partial charge >= 0.3 is 5.97 Å². The van der Waals surface area contributed by atoms with Crippen molar-refractivity contribution < 1.29 is 19.8 Å². The molecule has 2 N–H and O–H groups in total. The zero-order valence-corrected chi connectivity index (χ0v) is 14.8. The summed E-state index contributed by atoms with van der Waals surface area (Å²) in [7, 11) is 0. The highest BCUT2D eigenvalue weighted by molar-refractivity contribution is 7.09. The summed E-state index contributed by atoms with van der Waals surface area (Å²) in [6, 6.07) is 8.20. The maximum absolute atomic E-state index is 12.5. The van der Waals surface area contributed by atoms with E-state index in [1.54, 1.807) is 10.3 Å². The van der Waals surface area contributed by atoms with E-state index in [1.165, 1.54) is 16.9 Å². The van der Waals surface area contributed by atoms with E-state index >= 15 is 0 Å². The third kappa shape index (κ3) is 3.88. The van der Waals surface area contributed by atoms with Crippen molar-refractivity contribution in [1.82, 2.24) is 9.88 Å². The van der Waals surface area contributed by atoms with Gasteiger partial charge in [-0.2, -0.15) is 0 Å². The number of amides is 1. The molecule has 0 saturated carbocycles. The Kier molecular flexibility index (Phi) is 4.87. The van der Waals surface area contributed by atoms with Crippen LogP contribution < -0.4 is 0 Å². The second-order valence-electron chi connectivity index (χ2n) is 6.42. The number of hydrogen-bond acceptors (Lipinski definition) is 5. The number of aliphatic carboxylic acids is 1. The molecule has 1 aliphatic heterocycles. The predicted molar refractivity (Wildman–Crippen MR) is 93.8 cm³/mol. The lowest BCUT2D eigenvalue weighted by Gasteiger charge is -2.34. The number of carbonyl (C=O) groups is 2. The maximum atomic E-state index is 12.5. The number of benzene rings is 1. The molecule has 1 amide bonds. The van der Waals surface area contributed by atoms with E-state index in [0.29, 0.717) is 12.1 Å². The number of carboxylic acids is 1. The maximum Gasteiger partial charge on any atom is 0.335 e. The molecule has 3 rings (SSSR count). The minimum absolute atomic E-state index is 0.0361. The van der Waals surface area contributed by atoms with Crippen molar-refractivity contribution in [3.05, 3.63) is 51.5 Å². The Bertz CT molecular complexity index is 777. The van der Waals surface area contributed by atoms with E-state index in [-0.39, 0.29) is 31.8 Å². The van der Waals surface area contributed by atoms with Crippen molar-refractivity contribution >= 4 is 23.2 Å². The van der Waals surface area contributed by atoms with Crippen LogP contribution in [0.3, 0.4) is 0 Å². The Hall–Kier alpha value is -2.25. The van der Waals surface area contributed by atoms with Crippen LogP contribution in [0.4, 0.5) is 0 Å². The molecule has 7 heteroatoms. The van der Waals surface area contributed by atoms with Gasteiger partial charge in [-0.1, -0.05) is 29.8 Å². The van der Waals surface area contributed by atoms with Crippen LogP contribution in [0.15, 0.2) is 29.6 Å². The van der Waals surface area contributed by atoms with E-state index in [0.717, 1.165) is 10.6 Å². The van der Waals surface area contributed by atoms with Crippen molar-refractivity contribution in [2.75, 3.05) is 13.1 Å². The van der Waals surface area contributed by atoms with Gasteiger partial charge in [-0.25, -0.2) is 9.78 Å². The fourth-order valence-corrected chi connectivity index (χ4v) is 3.63. The van der Waals surface area contributed by atoms with Gasteiger partial charge < -0.3 is 15.1 Å². The lowest BCUT2D eigenvalue weighted by atomic mass is 9.91. The smallest absolute Gasteiger partial charge is 0.335 e. The van der Waals surface area contributed by atoms with Crippen molar-refractivity contribution in [2.45, 2.75) is 31.8 Å². The van der Waals surface area contributed by atoms with Crippen molar-refractivity contribution in [3.8, 4) is 0 Å². The van der Waals surface area contributed by atoms with E-state index in [9.17, 15) is 14.7 Å². The van der Waals surface area contributed by atoms with Gasteiger partial charge in [0.15, 0.2) is 5.60 Å². The van der Waals surface area contributed by atoms with E-state index in [4.69, 9.17) is 5.11 Å². The fraction of sp³-hybridized carbons (Fsp3) is 0.389. The van der Waals surface area contributed by atoms with Crippen molar-refractivity contribution in [2.24, 2.45) is 0 Å². The zero-order valence-electron chi connectivity index (χ0n) is 13.9. The SMILES string of the molecule is Cc1ccc(Cc2nc(C(=O)N3CCC(O)(C(=O)O)CC3)cs2)cc1. The predicted octanol–water partition coefficient (Wildman–Crippen LogP) is 2.09. The molecule has 1 aliphatic rings. The Balaban J connectivity index is 1.63. The fourth-order valence-electron chi connectivity index (χ4n) is 2.83. The lowest BCUT2D eigenvalue weighted by Crippen LogP contribution is -2.50. The summed E-state index contributed by atoms with van der Waals surface area (Å²) in [5.41, 5.74) is 0.997. The molecule has 2 heterocycles. The van der Waals surface area contributed by atoms with Crippen LogP contribution in [0.25, 0.3) is 0 Å². The molecule has 2 aromatic rings. The first kappa shape index (κ1) is 17.6. The first-order valence-electron chi connectivity index (χ1n) is 8.12. The normalized spacial score (nSPS) is 16.6. The topological polar surface area (TPSA) is 90.7 Å². The van der Waals surface area contributed by atoms with Gasteiger partial charge in [0.05, 0.1) is 5.01 Å². The lowest BCUT2D eigenvalue weighted by molar-refractivity contribution is -0.162. The number of nitrogens with zero attached hydrogens (tertiary/aromatic N) is 2. The minimum Gasteiger partial charge on any atom is -0.479 e. The summed E-state index contributed by atoms with van der Waals surface area (Å²) >= 11 is 1.44. The van der Waals surface area contributed by atoms with Gasteiger partial charge in [0.2, 0.25) is 0 Å². The standard InChI is InChI=1S/C18H20N2O4S/c1-12-2-4-13(5-3-12)10-15-19-14(11-25-15)16(21)20-8-6-18(24,7-9-20)17(22)23/h2-5,11,24H,6-10H2,1H3,(H,22,23). The molecule has 0 radical (unpaired) electrons. The number of carbonyl (C=O) groups excluding carboxylic acids is 1. The third-order valence-electron chi connectivity index (χ3n) is 4.52. The summed E-state index contributed by atoms with van der Waals surface area (Å²) in [6.45, 7) is 2.47. The number of hydrogen-bond donors (Lipinski definition) is 2. The number of aryl methyl sites for hydroxylation is 1. The molecule has 132 valence electrons. The average molecular weight is 360 g/mol. The third-order valence-corrected chi connectivity index (χ3v) is 5.37. The first-order valence-corrected chi connectivity index (χ1v) is 9.00. The number of likely N-dealkylation sites (tertiary alicyclic amines) is 1. The van der Waals surface area contributed by atoms with Crippen molar-refractivity contribution in [1.29, 1.82) is 0 Å². The first-order chi connectivity index (χ1) is 11.9. The van der Waals surface area contributed by atoms with Gasteiger partial charge in [-0.3, -0.25) is 4.79 Å². The van der Waals surface area contributed by atoms with Gasteiger partial charge in [0.1, 0.15) is 5.69 Å². The number of thiazole rings is 1. The average Bonchev–Trinajstić information content (AvgIpc) is 3.05. The summed E-state index contributed by atoms with van der Waals surface area (Å²) < 4.78 is 0. The highest BCUT2D eigenvalue weighted by Gasteiger charge is 2.40. The molecule has 25 heavy (non-hydrogen) atoms. The second kappa shape index (κ2) is 6.93. The van der Waals surface area contributed by atoms with Crippen LogP contribution in [0, 0.1) is 6.92 Å². The molecule has 0 aliphatic carbocycles. The Morgan fingerprint density at radius 3 is 2.48 bits per heavy atom. The van der Waals surface area contributed by atoms with Crippen LogP contribution >= 0.6 is 11.3 Å². The van der Waals surface area contributed by atoms with Gasteiger partial charge in [0.25, 0.3) is 5.91 Å². The van der Waals surface area contributed by atoms with Crippen LogP contribution in [0.1, 0.15) is 39.5 Å². The second-order valence-corrected chi connectivity index (χ2v) is 7.36. The summed E-state index contributed by atoms with van der Waals surface area (Å²) in [5.74, 6) is -1.44. The zero-order chi connectivity index (χ0) is 18.0. The molecule has 1 aromatic heterocycles. The number of aliphatic hydroxyl groups is 1. The molecule has 0 bridgehead atoms. The van der Waals surface area contributed by atoms with Gasteiger partial charge in [-0.05, 0) is 12.5 Å². The molecular weight excluding hydrogens is 340 g/mol.